The van der Waals surface area contributed by atoms with Crippen LogP contribution in [0.25, 0.3) is 0 Å². The molecule has 0 fully saturated rings. The lowest BCUT2D eigenvalue weighted by molar-refractivity contribution is -0.119. The normalized spacial score (nSPS) is 10.9. The fraction of sp³-hybridized carbons (Fsp3) is 0.133. The predicted octanol–water partition coefficient (Wildman–Crippen LogP) is 0.942. The number of methoxy groups -OCH3 is 1. The lowest BCUT2D eigenvalue weighted by Gasteiger charge is -2.12. The topological polar surface area (TPSA) is 134 Å². The number of benzene rings is 2. The molecule has 5 N–H and O–H groups in total. The number of sulfonamides is 1. The van der Waals surface area contributed by atoms with Crippen molar-refractivity contribution in [1.29, 1.82) is 0 Å². The first kappa shape index (κ1) is 17.4. The second kappa shape index (κ2) is 7.09. The molecule has 0 aliphatic heterocycles. The quantitative estimate of drug-likeness (QED) is 0.636. The van der Waals surface area contributed by atoms with Gasteiger partial charge in [-0.25, -0.2) is 8.42 Å². The molecule has 0 spiro atoms. The van der Waals surface area contributed by atoms with E-state index in [0.717, 1.165) is 0 Å². The largest absolute Gasteiger partial charge is 0.497 e. The SMILES string of the molecule is COc1ccc(N)c(NS(=O)(=O)c2ccc(OCC(N)=O)cc2)c1. The van der Waals surface area contributed by atoms with E-state index in [2.05, 4.69) is 4.72 Å². The highest BCUT2D eigenvalue weighted by molar-refractivity contribution is 7.92. The van der Waals surface area contributed by atoms with E-state index in [4.69, 9.17) is 20.9 Å². The number of nitrogen functional groups attached to an aromatic ring is 1. The monoisotopic (exact) mass is 351 g/mol. The van der Waals surface area contributed by atoms with Gasteiger partial charge in [0, 0.05) is 6.07 Å². The van der Waals surface area contributed by atoms with Crippen LogP contribution in [0.2, 0.25) is 0 Å². The highest BCUT2D eigenvalue weighted by atomic mass is 32.2. The van der Waals surface area contributed by atoms with Crippen molar-refractivity contribution in [2.45, 2.75) is 4.90 Å². The maximum absolute atomic E-state index is 12.4. The molecule has 0 aromatic heterocycles. The van der Waals surface area contributed by atoms with Crippen molar-refractivity contribution in [2.24, 2.45) is 5.73 Å². The van der Waals surface area contributed by atoms with Crippen molar-refractivity contribution in [1.82, 2.24) is 0 Å². The summed E-state index contributed by atoms with van der Waals surface area (Å²) in [4.78, 5) is 10.7. The zero-order valence-electron chi connectivity index (χ0n) is 12.9. The number of hydrogen-bond donors (Lipinski definition) is 3. The van der Waals surface area contributed by atoms with Gasteiger partial charge in [-0.2, -0.15) is 0 Å². The minimum atomic E-state index is -3.84. The molecule has 9 heteroatoms. The minimum absolute atomic E-state index is 0.0103. The summed E-state index contributed by atoms with van der Waals surface area (Å²) in [7, 11) is -2.37. The van der Waals surface area contributed by atoms with E-state index in [1.165, 1.54) is 43.5 Å². The fourth-order valence-electron chi connectivity index (χ4n) is 1.82. The van der Waals surface area contributed by atoms with Crippen LogP contribution in [0.15, 0.2) is 47.4 Å². The fourth-order valence-corrected chi connectivity index (χ4v) is 2.90. The second-order valence-corrected chi connectivity index (χ2v) is 6.47. The van der Waals surface area contributed by atoms with Crippen molar-refractivity contribution in [3.63, 3.8) is 0 Å². The molecule has 0 radical (unpaired) electrons. The molecule has 0 saturated heterocycles. The molecule has 0 aliphatic rings. The van der Waals surface area contributed by atoms with Crippen LogP contribution in [0.3, 0.4) is 0 Å². The van der Waals surface area contributed by atoms with Crippen LogP contribution >= 0.6 is 0 Å². The number of hydrogen-bond acceptors (Lipinski definition) is 6. The van der Waals surface area contributed by atoms with Crippen LogP contribution in [0.1, 0.15) is 0 Å². The van der Waals surface area contributed by atoms with E-state index in [0.29, 0.717) is 11.5 Å². The Hall–Kier alpha value is -2.94. The van der Waals surface area contributed by atoms with E-state index >= 15 is 0 Å². The first-order valence-electron chi connectivity index (χ1n) is 6.79. The summed E-state index contributed by atoms with van der Waals surface area (Å²) in [5, 5.41) is 0. The van der Waals surface area contributed by atoms with Gasteiger partial charge in [0.1, 0.15) is 11.5 Å². The lowest BCUT2D eigenvalue weighted by atomic mass is 10.2. The molecular weight excluding hydrogens is 334 g/mol. The molecule has 2 aromatic carbocycles. The van der Waals surface area contributed by atoms with Gasteiger partial charge in [0.15, 0.2) is 6.61 Å². The average Bonchev–Trinajstić information content (AvgIpc) is 2.55. The molecule has 2 rings (SSSR count). The molecule has 0 unspecified atom stereocenters. The summed E-state index contributed by atoms with van der Waals surface area (Å²) in [6.07, 6.45) is 0. The zero-order chi connectivity index (χ0) is 17.7. The maximum atomic E-state index is 12.4. The molecule has 0 aliphatic carbocycles. The van der Waals surface area contributed by atoms with Gasteiger partial charge in [-0.3, -0.25) is 9.52 Å². The molecule has 8 nitrogen and oxygen atoms in total. The van der Waals surface area contributed by atoms with Gasteiger partial charge < -0.3 is 20.9 Å². The van der Waals surface area contributed by atoms with E-state index < -0.39 is 15.9 Å². The van der Waals surface area contributed by atoms with Crippen LogP contribution in [-0.2, 0) is 14.8 Å². The van der Waals surface area contributed by atoms with Crippen molar-refractivity contribution in [3.8, 4) is 11.5 Å². The number of primary amides is 1. The highest BCUT2D eigenvalue weighted by Crippen LogP contribution is 2.27. The van der Waals surface area contributed by atoms with E-state index in [1.807, 2.05) is 0 Å². The van der Waals surface area contributed by atoms with Crippen molar-refractivity contribution < 1.29 is 22.7 Å². The summed E-state index contributed by atoms with van der Waals surface area (Å²) in [5.41, 5.74) is 11.2. The summed E-state index contributed by atoms with van der Waals surface area (Å²) >= 11 is 0. The predicted molar refractivity (Wildman–Crippen MR) is 89.3 cm³/mol. The Kier molecular flexibility index (Phi) is 5.14. The third-order valence-corrected chi connectivity index (χ3v) is 4.40. The Balaban J connectivity index is 2.20. The summed E-state index contributed by atoms with van der Waals surface area (Å²) in [5.74, 6) is 0.174. The Labute approximate surface area is 139 Å². The van der Waals surface area contributed by atoms with Crippen molar-refractivity contribution in [2.75, 3.05) is 24.2 Å². The first-order valence-corrected chi connectivity index (χ1v) is 8.27. The summed E-state index contributed by atoms with van der Waals surface area (Å²) in [6, 6.07) is 10.2. The van der Waals surface area contributed by atoms with Crippen LogP contribution in [0.4, 0.5) is 11.4 Å². The van der Waals surface area contributed by atoms with Gasteiger partial charge in [-0.1, -0.05) is 0 Å². The molecule has 128 valence electrons. The van der Waals surface area contributed by atoms with E-state index in [1.54, 1.807) is 6.07 Å². The molecule has 0 heterocycles. The van der Waals surface area contributed by atoms with Gasteiger partial charge in [0.05, 0.1) is 23.4 Å². The molecule has 24 heavy (non-hydrogen) atoms. The van der Waals surface area contributed by atoms with Crippen LogP contribution in [0.5, 0.6) is 11.5 Å². The number of carbonyl (C=O) groups is 1. The van der Waals surface area contributed by atoms with Crippen LogP contribution in [-0.4, -0.2) is 28.0 Å². The third kappa shape index (κ3) is 4.29. The van der Waals surface area contributed by atoms with Crippen LogP contribution in [0, 0.1) is 0 Å². The Morgan fingerprint density at radius 2 is 1.75 bits per heavy atom. The molecule has 0 bridgehead atoms. The lowest BCUT2D eigenvalue weighted by Crippen LogP contribution is -2.20. The number of amides is 1. The van der Waals surface area contributed by atoms with Gasteiger partial charge in [0.25, 0.3) is 15.9 Å². The van der Waals surface area contributed by atoms with Gasteiger partial charge in [-0.15, -0.1) is 0 Å². The second-order valence-electron chi connectivity index (χ2n) is 4.79. The van der Waals surface area contributed by atoms with Gasteiger partial charge in [0.2, 0.25) is 0 Å². The molecular formula is C15H17N3O5S. The van der Waals surface area contributed by atoms with Crippen molar-refractivity contribution >= 4 is 27.3 Å². The average molecular weight is 351 g/mol. The molecule has 1 amide bonds. The third-order valence-electron chi connectivity index (χ3n) is 3.02. The number of carbonyl (C=O) groups excluding carboxylic acids is 1. The Morgan fingerprint density at radius 3 is 2.33 bits per heavy atom. The first-order chi connectivity index (χ1) is 11.3. The smallest absolute Gasteiger partial charge is 0.261 e. The Bertz CT molecular complexity index is 835. The molecule has 0 saturated carbocycles. The number of nitrogens with one attached hydrogen (secondary N) is 1. The molecule has 2 aromatic rings. The van der Waals surface area contributed by atoms with Gasteiger partial charge >= 0.3 is 0 Å². The summed E-state index contributed by atoms with van der Waals surface area (Å²) < 4.78 is 37.3. The summed E-state index contributed by atoms with van der Waals surface area (Å²) in [6.45, 7) is -0.287. The van der Waals surface area contributed by atoms with Crippen molar-refractivity contribution in [3.05, 3.63) is 42.5 Å². The maximum Gasteiger partial charge on any atom is 0.261 e. The van der Waals surface area contributed by atoms with Crippen LogP contribution < -0.4 is 25.7 Å². The minimum Gasteiger partial charge on any atom is -0.497 e. The standard InChI is InChI=1S/C15H17N3O5S/c1-22-11-4-7-13(16)14(8-11)18-24(20,21)12-5-2-10(3-6-12)23-9-15(17)19/h2-8,18H,9,16H2,1H3,(H2,17,19). The highest BCUT2D eigenvalue weighted by Gasteiger charge is 2.16. The number of nitrogens with two attached hydrogens (primary N) is 2. The van der Waals surface area contributed by atoms with E-state index in [9.17, 15) is 13.2 Å². The number of rotatable bonds is 7. The zero-order valence-corrected chi connectivity index (χ0v) is 13.7. The Morgan fingerprint density at radius 1 is 1.12 bits per heavy atom. The van der Waals surface area contributed by atoms with E-state index in [-0.39, 0.29) is 22.9 Å². The van der Waals surface area contributed by atoms with Gasteiger partial charge in [-0.05, 0) is 36.4 Å². The number of ether oxygens (including phenoxy) is 2. The molecule has 0 atom stereocenters. The number of anilines is 2.